The molecule has 0 unspecified atom stereocenters. The number of carboxylic acid groups (broad SMARTS) is 1. The number of thiazole rings is 1. The maximum Gasteiger partial charge on any atom is 0.335 e. The lowest BCUT2D eigenvalue weighted by atomic mass is 10.2. The lowest BCUT2D eigenvalue weighted by Crippen LogP contribution is -2.46. The van der Waals surface area contributed by atoms with Gasteiger partial charge >= 0.3 is 5.97 Å². The zero-order valence-electron chi connectivity index (χ0n) is 13.7. The summed E-state index contributed by atoms with van der Waals surface area (Å²) in [6.07, 6.45) is 0. The van der Waals surface area contributed by atoms with Gasteiger partial charge in [-0.2, -0.15) is 0 Å². The van der Waals surface area contributed by atoms with Crippen LogP contribution in [0.25, 0.3) is 10.2 Å². The molecule has 0 spiro atoms. The quantitative estimate of drug-likeness (QED) is 0.685. The number of aromatic carboxylic acids is 1. The monoisotopic (exact) mass is 407 g/mol. The van der Waals surface area contributed by atoms with Crippen LogP contribution in [0.5, 0.6) is 0 Å². The van der Waals surface area contributed by atoms with Crippen molar-refractivity contribution in [2.75, 3.05) is 36.0 Å². The van der Waals surface area contributed by atoms with Crippen LogP contribution in [-0.4, -0.2) is 42.2 Å². The largest absolute Gasteiger partial charge is 0.478 e. The van der Waals surface area contributed by atoms with E-state index in [0.717, 1.165) is 47.2 Å². The van der Waals surface area contributed by atoms with Gasteiger partial charge < -0.3 is 14.9 Å². The number of carboxylic acids is 1. The van der Waals surface area contributed by atoms with Gasteiger partial charge in [0.05, 0.1) is 31.5 Å². The van der Waals surface area contributed by atoms with Gasteiger partial charge in [-0.3, -0.25) is 0 Å². The molecule has 1 aromatic heterocycles. The molecule has 1 saturated heterocycles. The summed E-state index contributed by atoms with van der Waals surface area (Å²) >= 11 is 14.0. The van der Waals surface area contributed by atoms with Crippen LogP contribution in [0.2, 0.25) is 10.0 Å². The van der Waals surface area contributed by atoms with E-state index in [9.17, 15) is 4.79 Å². The summed E-state index contributed by atoms with van der Waals surface area (Å²) in [5, 5.41) is 11.2. The fourth-order valence-electron chi connectivity index (χ4n) is 3.06. The minimum absolute atomic E-state index is 0.285. The first-order chi connectivity index (χ1) is 12.5. The van der Waals surface area contributed by atoms with Gasteiger partial charge in [0, 0.05) is 26.2 Å². The number of hydrogen-bond donors (Lipinski definition) is 1. The Morgan fingerprint density at radius 3 is 2.54 bits per heavy atom. The lowest BCUT2D eigenvalue weighted by Gasteiger charge is -2.36. The molecule has 2 heterocycles. The summed E-state index contributed by atoms with van der Waals surface area (Å²) < 4.78 is 0.889. The third kappa shape index (κ3) is 3.20. The summed E-state index contributed by atoms with van der Waals surface area (Å²) in [6.45, 7) is 3.26. The Kier molecular flexibility index (Phi) is 4.65. The van der Waals surface area contributed by atoms with Gasteiger partial charge in [0.25, 0.3) is 0 Å². The highest BCUT2D eigenvalue weighted by Crippen LogP contribution is 2.34. The van der Waals surface area contributed by atoms with Crippen molar-refractivity contribution in [2.45, 2.75) is 0 Å². The van der Waals surface area contributed by atoms with Gasteiger partial charge in [0.2, 0.25) is 0 Å². The SMILES string of the molecule is O=C(O)c1ccc2nc(N3CCN(c4cccc(Cl)c4Cl)CC3)sc2c1. The minimum Gasteiger partial charge on any atom is -0.478 e. The Hall–Kier alpha value is -2.02. The number of benzene rings is 2. The van der Waals surface area contributed by atoms with Crippen molar-refractivity contribution < 1.29 is 9.90 Å². The molecule has 134 valence electrons. The van der Waals surface area contributed by atoms with Gasteiger partial charge in [0.15, 0.2) is 5.13 Å². The molecule has 8 heteroatoms. The summed E-state index contributed by atoms with van der Waals surface area (Å²) in [4.78, 5) is 20.2. The highest BCUT2D eigenvalue weighted by molar-refractivity contribution is 7.22. The van der Waals surface area contributed by atoms with Crippen molar-refractivity contribution >= 4 is 61.5 Å². The number of halogens is 2. The van der Waals surface area contributed by atoms with E-state index in [1.165, 1.54) is 11.3 Å². The zero-order chi connectivity index (χ0) is 18.3. The molecule has 5 nitrogen and oxygen atoms in total. The number of rotatable bonds is 3. The highest BCUT2D eigenvalue weighted by atomic mass is 35.5. The number of nitrogens with zero attached hydrogens (tertiary/aromatic N) is 3. The summed E-state index contributed by atoms with van der Waals surface area (Å²) in [5.74, 6) is -0.922. The van der Waals surface area contributed by atoms with Crippen LogP contribution in [0.4, 0.5) is 10.8 Å². The minimum atomic E-state index is -0.922. The molecule has 2 aromatic carbocycles. The second kappa shape index (κ2) is 6.95. The number of hydrogen-bond acceptors (Lipinski definition) is 5. The van der Waals surface area contributed by atoms with Crippen LogP contribution in [-0.2, 0) is 0 Å². The molecule has 0 atom stereocenters. The fourth-order valence-corrected chi connectivity index (χ4v) is 4.53. The van der Waals surface area contributed by atoms with Crippen LogP contribution >= 0.6 is 34.5 Å². The van der Waals surface area contributed by atoms with Gasteiger partial charge in [-0.25, -0.2) is 9.78 Å². The first-order valence-corrected chi connectivity index (χ1v) is 9.68. The van der Waals surface area contributed by atoms with Gasteiger partial charge in [0.1, 0.15) is 0 Å². The number of fused-ring (bicyclic) bond motifs is 1. The molecule has 0 saturated carbocycles. The average molecular weight is 408 g/mol. The molecule has 0 aliphatic carbocycles. The predicted molar refractivity (Wildman–Crippen MR) is 107 cm³/mol. The van der Waals surface area contributed by atoms with E-state index in [1.807, 2.05) is 12.1 Å². The molecule has 0 radical (unpaired) electrons. The Morgan fingerprint density at radius 1 is 1.08 bits per heavy atom. The number of anilines is 2. The molecule has 0 bridgehead atoms. The molecule has 3 aromatic rings. The second-order valence-electron chi connectivity index (χ2n) is 6.03. The van der Waals surface area contributed by atoms with E-state index in [4.69, 9.17) is 28.3 Å². The third-order valence-electron chi connectivity index (χ3n) is 4.45. The van der Waals surface area contributed by atoms with Gasteiger partial charge in [-0.15, -0.1) is 0 Å². The molecular formula is C18H15Cl2N3O2S. The molecule has 0 amide bonds. The smallest absolute Gasteiger partial charge is 0.335 e. The predicted octanol–water partition coefficient (Wildman–Crippen LogP) is 4.63. The van der Waals surface area contributed by atoms with Crippen molar-refractivity contribution in [1.29, 1.82) is 0 Å². The topological polar surface area (TPSA) is 56.7 Å². The second-order valence-corrected chi connectivity index (χ2v) is 7.83. The molecule has 26 heavy (non-hydrogen) atoms. The van der Waals surface area contributed by atoms with Crippen molar-refractivity contribution in [3.05, 3.63) is 52.0 Å². The van der Waals surface area contributed by atoms with Crippen LogP contribution in [0.15, 0.2) is 36.4 Å². The Balaban J connectivity index is 1.52. The van der Waals surface area contributed by atoms with Crippen LogP contribution in [0.3, 0.4) is 0 Å². The average Bonchev–Trinajstić information content (AvgIpc) is 3.07. The molecule has 1 aliphatic rings. The van der Waals surface area contributed by atoms with E-state index in [1.54, 1.807) is 24.3 Å². The van der Waals surface area contributed by atoms with E-state index in [2.05, 4.69) is 14.8 Å². The molecule has 1 fully saturated rings. The van der Waals surface area contributed by atoms with E-state index >= 15 is 0 Å². The maximum atomic E-state index is 11.1. The highest BCUT2D eigenvalue weighted by Gasteiger charge is 2.22. The first-order valence-electron chi connectivity index (χ1n) is 8.11. The molecule has 1 aliphatic heterocycles. The third-order valence-corrected chi connectivity index (χ3v) is 6.33. The summed E-state index contributed by atoms with van der Waals surface area (Å²) in [5.41, 5.74) is 2.07. The first kappa shape index (κ1) is 17.4. The van der Waals surface area contributed by atoms with Gasteiger partial charge in [-0.05, 0) is 30.3 Å². The normalized spacial score (nSPS) is 14.8. The molecule has 4 rings (SSSR count). The van der Waals surface area contributed by atoms with E-state index < -0.39 is 5.97 Å². The maximum absolute atomic E-state index is 11.1. The molecule has 1 N–H and O–H groups in total. The Labute approximate surface area is 164 Å². The van der Waals surface area contributed by atoms with Crippen molar-refractivity contribution in [2.24, 2.45) is 0 Å². The van der Waals surface area contributed by atoms with Crippen LogP contribution < -0.4 is 9.80 Å². The number of carbonyl (C=O) groups is 1. The van der Waals surface area contributed by atoms with Crippen LogP contribution in [0, 0.1) is 0 Å². The lowest BCUT2D eigenvalue weighted by molar-refractivity contribution is 0.0697. The van der Waals surface area contributed by atoms with Crippen molar-refractivity contribution in [1.82, 2.24) is 4.98 Å². The standard InChI is InChI=1S/C18H15Cl2N3O2S/c19-12-2-1-3-14(16(12)20)22-6-8-23(9-7-22)18-21-13-5-4-11(17(24)25)10-15(13)26-18/h1-5,10H,6-9H2,(H,24,25). The van der Waals surface area contributed by atoms with Crippen molar-refractivity contribution in [3.8, 4) is 0 Å². The summed E-state index contributed by atoms with van der Waals surface area (Å²) in [7, 11) is 0. The van der Waals surface area contributed by atoms with E-state index in [0.29, 0.717) is 10.0 Å². The Bertz CT molecular complexity index is 984. The van der Waals surface area contributed by atoms with Crippen molar-refractivity contribution in [3.63, 3.8) is 0 Å². The number of aromatic nitrogens is 1. The Morgan fingerprint density at radius 2 is 1.81 bits per heavy atom. The zero-order valence-corrected chi connectivity index (χ0v) is 16.0. The number of piperazine rings is 1. The van der Waals surface area contributed by atoms with E-state index in [-0.39, 0.29) is 5.56 Å². The molecular weight excluding hydrogens is 393 g/mol. The summed E-state index contributed by atoms with van der Waals surface area (Å²) in [6, 6.07) is 10.7. The fraction of sp³-hybridized carbons (Fsp3) is 0.222. The van der Waals surface area contributed by atoms with Crippen LogP contribution in [0.1, 0.15) is 10.4 Å². The van der Waals surface area contributed by atoms with Gasteiger partial charge in [-0.1, -0.05) is 40.6 Å².